The molecule has 0 saturated carbocycles. The van der Waals surface area contributed by atoms with Gasteiger partial charge in [-0.1, -0.05) is 152 Å². The minimum atomic E-state index is -0.197. The third kappa shape index (κ3) is 2.67. The molecule has 0 bridgehead atoms. The Morgan fingerprint density at radius 2 is 0.820 bits per heavy atom. The Kier molecular flexibility index (Phi) is 4.47. The van der Waals surface area contributed by atoms with E-state index in [1.54, 1.807) is 16.7 Å². The van der Waals surface area contributed by atoms with Crippen molar-refractivity contribution in [3.8, 4) is 27.9 Å². The van der Waals surface area contributed by atoms with Gasteiger partial charge in [-0.3, -0.25) is 0 Å². The molecule has 1 atom stereocenters. The van der Waals surface area contributed by atoms with E-state index >= 15 is 0 Å². The predicted octanol–water partition coefficient (Wildman–Crippen LogP) is 12.2. The standard InChI is InChI=1S/C49H41N/c1-46(2)31-17-9-13-25-26-14-10-18-32-38(26)40(37(25)31)39-33(46)23-21-27(41(39)48(32,5)6)28-22-24-36-45-42(28)49(7,8)35-20-12-16-30-29-15-11-19-34(47(36,3)4)43(29)50(45)44(30)35/h9-24,40H,1-8H3. The minimum Gasteiger partial charge on any atom is -0.308 e. The third-order valence-electron chi connectivity index (χ3n) is 14.4. The average Bonchev–Trinajstić information content (AvgIpc) is 3.62. The van der Waals surface area contributed by atoms with Crippen LogP contribution in [0.1, 0.15) is 123 Å². The summed E-state index contributed by atoms with van der Waals surface area (Å²) in [5.74, 6) is 0.288. The molecule has 2 aliphatic heterocycles. The van der Waals surface area contributed by atoms with Gasteiger partial charge in [0.25, 0.3) is 0 Å². The number of para-hydroxylation sites is 2. The van der Waals surface area contributed by atoms with Crippen LogP contribution in [0.5, 0.6) is 0 Å². The summed E-state index contributed by atoms with van der Waals surface area (Å²) in [6, 6.07) is 38.3. The summed E-state index contributed by atoms with van der Waals surface area (Å²) in [6.45, 7) is 19.8. The monoisotopic (exact) mass is 643 g/mol. The molecule has 1 heteroatoms. The van der Waals surface area contributed by atoms with Gasteiger partial charge in [-0.2, -0.15) is 0 Å². The summed E-state index contributed by atoms with van der Waals surface area (Å²) < 4.78 is 2.68. The van der Waals surface area contributed by atoms with E-state index in [0.29, 0.717) is 0 Å². The maximum atomic E-state index is 2.68. The van der Waals surface area contributed by atoms with Crippen molar-refractivity contribution in [3.63, 3.8) is 0 Å². The van der Waals surface area contributed by atoms with Crippen molar-refractivity contribution in [2.75, 3.05) is 0 Å². The maximum Gasteiger partial charge on any atom is 0.0582 e. The predicted molar refractivity (Wildman–Crippen MR) is 208 cm³/mol. The van der Waals surface area contributed by atoms with E-state index in [-0.39, 0.29) is 27.6 Å². The molecule has 0 radical (unpaired) electrons. The molecule has 1 nitrogen and oxygen atoms in total. The van der Waals surface area contributed by atoms with Gasteiger partial charge in [0.05, 0.1) is 16.7 Å². The summed E-state index contributed by atoms with van der Waals surface area (Å²) in [5, 5.41) is 2.75. The molecule has 0 fully saturated rings. The molecule has 7 aromatic rings. The molecule has 242 valence electrons. The highest BCUT2D eigenvalue weighted by Gasteiger charge is 2.52. The summed E-state index contributed by atoms with van der Waals surface area (Å²) in [5.41, 5.74) is 25.8. The Morgan fingerprint density at radius 3 is 1.44 bits per heavy atom. The molecule has 0 spiro atoms. The highest BCUT2D eigenvalue weighted by molar-refractivity contribution is 6.14. The minimum absolute atomic E-state index is 0.0848. The van der Waals surface area contributed by atoms with Gasteiger partial charge in [-0.05, 0) is 83.5 Å². The number of hydrogen-bond acceptors (Lipinski definition) is 0. The van der Waals surface area contributed by atoms with Crippen molar-refractivity contribution in [2.24, 2.45) is 0 Å². The van der Waals surface area contributed by atoms with E-state index in [2.05, 4.69) is 157 Å². The van der Waals surface area contributed by atoms with Crippen molar-refractivity contribution in [3.05, 3.63) is 158 Å². The topological polar surface area (TPSA) is 4.93 Å². The Labute approximate surface area is 294 Å². The van der Waals surface area contributed by atoms with Gasteiger partial charge in [0.2, 0.25) is 0 Å². The zero-order chi connectivity index (χ0) is 34.0. The molecule has 5 aliphatic rings. The van der Waals surface area contributed by atoms with Crippen LogP contribution in [0, 0.1) is 0 Å². The first kappa shape index (κ1) is 27.9. The first-order valence-electron chi connectivity index (χ1n) is 18.6. The number of aromatic nitrogens is 1. The van der Waals surface area contributed by atoms with Crippen LogP contribution >= 0.6 is 0 Å². The van der Waals surface area contributed by atoms with Gasteiger partial charge in [-0.25, -0.2) is 0 Å². The fourth-order valence-electron chi connectivity index (χ4n) is 12.2. The Bertz CT molecular complexity index is 2770. The molecule has 12 rings (SSSR count). The second-order valence-corrected chi connectivity index (χ2v) is 18.0. The van der Waals surface area contributed by atoms with E-state index in [1.165, 1.54) is 94.3 Å². The molecular weight excluding hydrogens is 603 g/mol. The first-order valence-corrected chi connectivity index (χ1v) is 18.6. The fraction of sp³-hybridized carbons (Fsp3) is 0.265. The molecule has 1 aromatic heterocycles. The Balaban J connectivity index is 1.26. The number of benzene rings is 6. The fourth-order valence-corrected chi connectivity index (χ4v) is 12.2. The molecule has 0 N–H and O–H groups in total. The summed E-state index contributed by atoms with van der Waals surface area (Å²) in [6.07, 6.45) is 0. The molecule has 0 saturated heterocycles. The smallest absolute Gasteiger partial charge is 0.0582 e. The molecule has 0 amide bonds. The van der Waals surface area contributed by atoms with Crippen molar-refractivity contribution in [1.82, 2.24) is 4.57 Å². The average molecular weight is 644 g/mol. The van der Waals surface area contributed by atoms with Gasteiger partial charge in [0.15, 0.2) is 0 Å². The van der Waals surface area contributed by atoms with Crippen LogP contribution in [0.2, 0.25) is 0 Å². The maximum absolute atomic E-state index is 2.68. The second-order valence-electron chi connectivity index (χ2n) is 18.0. The van der Waals surface area contributed by atoms with Crippen LogP contribution in [0.4, 0.5) is 0 Å². The summed E-state index contributed by atoms with van der Waals surface area (Å²) in [7, 11) is 0. The normalized spacial score (nSPS) is 20.4. The number of fused-ring (bicyclic) bond motifs is 2. The van der Waals surface area contributed by atoms with Gasteiger partial charge >= 0.3 is 0 Å². The zero-order valence-corrected chi connectivity index (χ0v) is 30.3. The third-order valence-corrected chi connectivity index (χ3v) is 14.4. The van der Waals surface area contributed by atoms with E-state index in [0.717, 1.165) is 0 Å². The molecule has 6 aromatic carbocycles. The van der Waals surface area contributed by atoms with Crippen molar-refractivity contribution < 1.29 is 0 Å². The van der Waals surface area contributed by atoms with E-state index in [4.69, 9.17) is 0 Å². The second kappa shape index (κ2) is 8.02. The number of hydrogen-bond donors (Lipinski definition) is 0. The highest BCUT2D eigenvalue weighted by atomic mass is 15.0. The van der Waals surface area contributed by atoms with Crippen LogP contribution in [0.25, 0.3) is 49.7 Å². The zero-order valence-electron chi connectivity index (χ0n) is 30.3. The van der Waals surface area contributed by atoms with Crippen molar-refractivity contribution in [1.29, 1.82) is 0 Å². The summed E-state index contributed by atoms with van der Waals surface area (Å²) >= 11 is 0. The van der Waals surface area contributed by atoms with Crippen molar-refractivity contribution in [2.45, 2.75) is 83.0 Å². The molecule has 1 unspecified atom stereocenters. The molecule has 3 heterocycles. The van der Waals surface area contributed by atoms with Crippen LogP contribution < -0.4 is 0 Å². The lowest BCUT2D eigenvalue weighted by molar-refractivity contribution is 0.553. The van der Waals surface area contributed by atoms with Gasteiger partial charge in [0, 0.05) is 38.4 Å². The first-order chi connectivity index (χ1) is 23.9. The van der Waals surface area contributed by atoms with E-state index < -0.39 is 0 Å². The van der Waals surface area contributed by atoms with Gasteiger partial charge < -0.3 is 4.57 Å². The SMILES string of the molecule is CC1(C)c2cccc3c2C2c4c-3cccc4C(C)(C)c3c(-c4ccc5c6c4C(C)(C)c4cccc7c8cccc(c8n-6c47)C5(C)C)ccc1c32. The highest BCUT2D eigenvalue weighted by Crippen LogP contribution is 2.66. The van der Waals surface area contributed by atoms with Crippen LogP contribution in [0.3, 0.4) is 0 Å². The molecule has 3 aliphatic carbocycles. The van der Waals surface area contributed by atoms with Gasteiger partial charge in [-0.15, -0.1) is 0 Å². The Morgan fingerprint density at radius 1 is 0.380 bits per heavy atom. The lowest BCUT2D eigenvalue weighted by Crippen LogP contribution is -2.37. The number of nitrogens with zero attached hydrogens (tertiary/aromatic N) is 1. The lowest BCUT2D eigenvalue weighted by Gasteiger charge is -2.48. The van der Waals surface area contributed by atoms with Crippen LogP contribution in [-0.2, 0) is 21.7 Å². The molecule has 50 heavy (non-hydrogen) atoms. The summed E-state index contributed by atoms with van der Waals surface area (Å²) in [4.78, 5) is 0. The van der Waals surface area contributed by atoms with Gasteiger partial charge in [0.1, 0.15) is 0 Å². The van der Waals surface area contributed by atoms with Crippen LogP contribution in [-0.4, -0.2) is 4.57 Å². The van der Waals surface area contributed by atoms with Crippen molar-refractivity contribution >= 4 is 21.8 Å². The van der Waals surface area contributed by atoms with E-state index in [1.807, 2.05) is 0 Å². The largest absolute Gasteiger partial charge is 0.308 e. The van der Waals surface area contributed by atoms with E-state index in [9.17, 15) is 0 Å². The van der Waals surface area contributed by atoms with Crippen LogP contribution in [0.15, 0.2) is 97.1 Å². The molecular formula is C49H41N. The number of rotatable bonds is 1. The Hall–Kier alpha value is -4.88. The quantitative estimate of drug-likeness (QED) is 0.168. The lowest BCUT2D eigenvalue weighted by atomic mass is 9.56.